The summed E-state index contributed by atoms with van der Waals surface area (Å²) in [5.41, 5.74) is -0.552. The Labute approximate surface area is 130 Å². The van der Waals surface area contributed by atoms with Crippen molar-refractivity contribution < 1.29 is 21.6 Å². The van der Waals surface area contributed by atoms with Crippen molar-refractivity contribution in [3.63, 3.8) is 0 Å². The van der Waals surface area contributed by atoms with Crippen LogP contribution in [0.5, 0.6) is 0 Å². The van der Waals surface area contributed by atoms with E-state index >= 15 is 0 Å². The topological polar surface area (TPSA) is 46.2 Å². The lowest BCUT2D eigenvalue weighted by Gasteiger charge is -2.15. The summed E-state index contributed by atoms with van der Waals surface area (Å²) in [6, 6.07) is 8.45. The van der Waals surface area contributed by atoms with Crippen molar-refractivity contribution in [2.45, 2.75) is 18.0 Å². The van der Waals surface area contributed by atoms with Crippen LogP contribution in [0, 0.1) is 6.92 Å². The van der Waals surface area contributed by atoms with Crippen molar-refractivity contribution in [2.24, 2.45) is 0 Å². The summed E-state index contributed by atoms with van der Waals surface area (Å²) in [6.45, 7) is 1.61. The zero-order chi connectivity index (χ0) is 16.5. The molecule has 0 aliphatic carbocycles. The molecule has 0 aliphatic heterocycles. The van der Waals surface area contributed by atoms with Gasteiger partial charge in [0.25, 0.3) is 10.0 Å². The van der Waals surface area contributed by atoms with E-state index in [1.54, 1.807) is 19.1 Å². The number of rotatable bonds is 3. The highest BCUT2D eigenvalue weighted by molar-refractivity contribution is 7.92. The molecule has 118 valence electrons. The van der Waals surface area contributed by atoms with E-state index in [1.165, 1.54) is 12.1 Å². The summed E-state index contributed by atoms with van der Waals surface area (Å²) in [4.78, 5) is -0.832. The van der Waals surface area contributed by atoms with E-state index in [4.69, 9.17) is 11.6 Å². The Kier molecular flexibility index (Phi) is 4.39. The first kappa shape index (κ1) is 16.6. The molecule has 0 amide bonds. The first-order valence-corrected chi connectivity index (χ1v) is 7.92. The quantitative estimate of drug-likeness (QED) is 0.888. The highest BCUT2D eigenvalue weighted by Crippen LogP contribution is 2.35. The molecule has 2 aromatic rings. The van der Waals surface area contributed by atoms with Crippen LogP contribution in [-0.4, -0.2) is 8.42 Å². The smallest absolute Gasteiger partial charge is 0.279 e. The van der Waals surface area contributed by atoms with Crippen LogP contribution in [0.1, 0.15) is 11.1 Å². The number of nitrogens with one attached hydrogen (secondary N) is 1. The fourth-order valence-corrected chi connectivity index (χ4v) is 3.36. The molecule has 22 heavy (non-hydrogen) atoms. The number of benzene rings is 2. The lowest BCUT2D eigenvalue weighted by atomic mass is 10.2. The van der Waals surface area contributed by atoms with E-state index in [-0.39, 0.29) is 10.7 Å². The lowest BCUT2D eigenvalue weighted by Crippen LogP contribution is -2.19. The third-order valence-corrected chi connectivity index (χ3v) is 4.58. The summed E-state index contributed by atoms with van der Waals surface area (Å²) in [5, 5.41) is 0.271. The largest absolute Gasteiger partial charge is 0.417 e. The van der Waals surface area contributed by atoms with Gasteiger partial charge in [-0.2, -0.15) is 13.2 Å². The van der Waals surface area contributed by atoms with Gasteiger partial charge in [0.05, 0.1) is 16.1 Å². The number of alkyl halides is 3. The van der Waals surface area contributed by atoms with Gasteiger partial charge in [-0.05, 0) is 36.8 Å². The SMILES string of the molecule is Cc1ccc(Cl)cc1NS(=O)(=O)c1ccccc1C(F)(F)F. The number of aryl methyl sites for hydroxylation is 1. The molecule has 0 heterocycles. The highest BCUT2D eigenvalue weighted by Gasteiger charge is 2.36. The van der Waals surface area contributed by atoms with Gasteiger partial charge in [-0.3, -0.25) is 4.72 Å². The molecular weight excluding hydrogens is 339 g/mol. The average Bonchev–Trinajstić information content (AvgIpc) is 2.42. The molecule has 3 nitrogen and oxygen atoms in total. The molecule has 0 radical (unpaired) electrons. The Morgan fingerprint density at radius 2 is 1.73 bits per heavy atom. The Morgan fingerprint density at radius 3 is 2.36 bits per heavy atom. The van der Waals surface area contributed by atoms with Gasteiger partial charge in [0.1, 0.15) is 0 Å². The number of hydrogen-bond acceptors (Lipinski definition) is 2. The van der Waals surface area contributed by atoms with Crippen LogP contribution in [0.3, 0.4) is 0 Å². The highest BCUT2D eigenvalue weighted by atomic mass is 35.5. The van der Waals surface area contributed by atoms with E-state index in [0.717, 1.165) is 18.2 Å². The maximum absolute atomic E-state index is 12.9. The molecule has 0 unspecified atom stereocenters. The van der Waals surface area contributed by atoms with Crippen LogP contribution in [0.15, 0.2) is 47.4 Å². The summed E-state index contributed by atoms with van der Waals surface area (Å²) in [5.74, 6) is 0. The molecule has 8 heteroatoms. The molecule has 0 saturated carbocycles. The van der Waals surface area contributed by atoms with Gasteiger partial charge in [0.15, 0.2) is 0 Å². The molecule has 0 saturated heterocycles. The van der Waals surface area contributed by atoms with Crippen LogP contribution < -0.4 is 4.72 Å². The number of anilines is 1. The van der Waals surface area contributed by atoms with Crippen LogP contribution in [0.4, 0.5) is 18.9 Å². The normalized spacial score (nSPS) is 12.2. The molecule has 0 atom stereocenters. The van der Waals surface area contributed by atoms with Gasteiger partial charge in [-0.15, -0.1) is 0 Å². The van der Waals surface area contributed by atoms with Crippen molar-refractivity contribution >= 4 is 27.3 Å². The third kappa shape index (κ3) is 3.53. The molecule has 1 N–H and O–H groups in total. The van der Waals surface area contributed by atoms with Crippen molar-refractivity contribution in [1.29, 1.82) is 0 Å². The van der Waals surface area contributed by atoms with Crippen molar-refractivity contribution in [3.05, 3.63) is 58.6 Å². The monoisotopic (exact) mass is 349 g/mol. The van der Waals surface area contributed by atoms with Gasteiger partial charge in [-0.25, -0.2) is 8.42 Å². The minimum absolute atomic E-state index is 0.129. The molecule has 0 bridgehead atoms. The summed E-state index contributed by atoms with van der Waals surface area (Å²) < 4.78 is 65.5. The van der Waals surface area contributed by atoms with Gasteiger partial charge in [0, 0.05) is 5.02 Å². The van der Waals surface area contributed by atoms with Gasteiger partial charge in [-0.1, -0.05) is 29.8 Å². The number of sulfonamides is 1. The van der Waals surface area contributed by atoms with Crippen LogP contribution >= 0.6 is 11.6 Å². The summed E-state index contributed by atoms with van der Waals surface area (Å²) >= 11 is 5.78. The predicted octanol–water partition coefficient (Wildman–Crippen LogP) is 4.47. The van der Waals surface area contributed by atoms with E-state index in [2.05, 4.69) is 4.72 Å². The standard InChI is InChI=1S/C14H11ClF3NO2S/c1-9-6-7-10(15)8-12(9)19-22(20,21)13-5-3-2-4-11(13)14(16,17)18/h2-8,19H,1H3. The second-order valence-corrected chi connectivity index (χ2v) is 6.65. The first-order chi connectivity index (χ1) is 10.1. The fraction of sp³-hybridized carbons (Fsp3) is 0.143. The maximum Gasteiger partial charge on any atom is 0.417 e. The Balaban J connectivity index is 2.51. The van der Waals surface area contributed by atoms with Gasteiger partial charge in [0.2, 0.25) is 0 Å². The Bertz CT molecular complexity index is 804. The second kappa shape index (κ2) is 5.81. The van der Waals surface area contributed by atoms with E-state index < -0.39 is 26.7 Å². The summed E-state index contributed by atoms with van der Waals surface area (Å²) in [7, 11) is -4.40. The van der Waals surface area contributed by atoms with Crippen molar-refractivity contribution in [3.8, 4) is 0 Å². The van der Waals surface area contributed by atoms with Crippen LogP contribution in [-0.2, 0) is 16.2 Å². The molecule has 0 spiro atoms. The van der Waals surface area contributed by atoms with Gasteiger partial charge < -0.3 is 0 Å². The number of halogens is 4. The third-order valence-electron chi connectivity index (χ3n) is 2.93. The maximum atomic E-state index is 12.9. The Morgan fingerprint density at radius 1 is 1.09 bits per heavy atom. The number of hydrogen-bond donors (Lipinski definition) is 1. The molecule has 0 aromatic heterocycles. The van der Waals surface area contributed by atoms with E-state index in [1.807, 2.05) is 0 Å². The Hall–Kier alpha value is -1.73. The molecule has 2 aromatic carbocycles. The van der Waals surface area contributed by atoms with E-state index in [9.17, 15) is 21.6 Å². The molecule has 0 fully saturated rings. The lowest BCUT2D eigenvalue weighted by molar-refractivity contribution is -0.139. The minimum Gasteiger partial charge on any atom is -0.279 e. The van der Waals surface area contributed by atoms with Crippen LogP contribution in [0.2, 0.25) is 5.02 Å². The summed E-state index contributed by atoms with van der Waals surface area (Å²) in [6.07, 6.45) is -4.77. The molecule has 2 rings (SSSR count). The zero-order valence-electron chi connectivity index (χ0n) is 11.3. The minimum atomic E-state index is -4.77. The van der Waals surface area contributed by atoms with Crippen molar-refractivity contribution in [2.75, 3.05) is 4.72 Å². The predicted molar refractivity (Wildman–Crippen MR) is 78.4 cm³/mol. The zero-order valence-corrected chi connectivity index (χ0v) is 12.9. The fourth-order valence-electron chi connectivity index (χ4n) is 1.84. The van der Waals surface area contributed by atoms with E-state index in [0.29, 0.717) is 5.56 Å². The first-order valence-electron chi connectivity index (χ1n) is 6.06. The molecule has 0 aliphatic rings. The van der Waals surface area contributed by atoms with Crippen molar-refractivity contribution in [1.82, 2.24) is 0 Å². The molecular formula is C14H11ClF3NO2S. The van der Waals surface area contributed by atoms with Crippen LogP contribution in [0.25, 0.3) is 0 Å². The van der Waals surface area contributed by atoms with Gasteiger partial charge >= 0.3 is 6.18 Å². The average molecular weight is 350 g/mol. The second-order valence-electron chi connectivity index (χ2n) is 4.56.